The number of hydrogen-bond donors (Lipinski definition) is 3. The van der Waals surface area contributed by atoms with E-state index in [9.17, 15) is 19.1 Å². The molecule has 2 heterocycles. The molecule has 0 aromatic heterocycles. The van der Waals surface area contributed by atoms with Gasteiger partial charge in [0.1, 0.15) is 5.78 Å². The molecule has 1 amide bonds. The molecule has 2 atom stereocenters. The molecule has 2 rings (SSSR count). The quantitative estimate of drug-likeness (QED) is 0.592. The lowest BCUT2D eigenvalue weighted by Crippen LogP contribution is -2.45. The van der Waals surface area contributed by atoms with E-state index in [0.29, 0.717) is 19.4 Å². The Bertz CT molecular complexity index is 323. The van der Waals surface area contributed by atoms with Crippen molar-refractivity contribution in [3.8, 4) is 0 Å². The van der Waals surface area contributed by atoms with Crippen LogP contribution in [0.5, 0.6) is 0 Å². The normalized spacial score (nSPS) is 31.0. The van der Waals surface area contributed by atoms with E-state index >= 15 is 0 Å². The van der Waals surface area contributed by atoms with Gasteiger partial charge in [-0.3, -0.25) is 9.36 Å². The van der Waals surface area contributed by atoms with Crippen molar-refractivity contribution >= 4 is 13.5 Å². The summed E-state index contributed by atoms with van der Waals surface area (Å²) in [6, 6.07) is -0.243. The van der Waals surface area contributed by atoms with E-state index in [1.165, 1.54) is 4.90 Å². The smallest absolute Gasteiger partial charge is 0.327 e. The number of carbonyl (C=O) groups is 1. The molecule has 0 aliphatic carbocycles. The fraction of sp³-hybridized carbons (Fsp3) is 0.889. The molecule has 0 unspecified atom stereocenters. The average Bonchev–Trinajstić information content (AvgIpc) is 2.87. The fourth-order valence-electron chi connectivity index (χ4n) is 2.45. The van der Waals surface area contributed by atoms with Gasteiger partial charge < -0.3 is 20.0 Å². The summed E-state index contributed by atoms with van der Waals surface area (Å²) in [7, 11) is -4.19. The van der Waals surface area contributed by atoms with Crippen molar-refractivity contribution in [2.75, 3.05) is 13.1 Å². The fourth-order valence-corrected chi connectivity index (χ4v) is 3.56. The zero-order valence-electron chi connectivity index (χ0n) is 9.00. The predicted molar refractivity (Wildman–Crippen MR) is 57.8 cm³/mol. The van der Waals surface area contributed by atoms with Gasteiger partial charge in [-0.2, -0.15) is 0 Å². The van der Waals surface area contributed by atoms with Crippen molar-refractivity contribution in [2.45, 2.75) is 37.5 Å². The first-order valence-electron chi connectivity index (χ1n) is 5.59. The number of rotatable bonds is 2. The first-order valence-corrected chi connectivity index (χ1v) is 7.27. The monoisotopic (exact) mass is 248 g/mol. The summed E-state index contributed by atoms with van der Waals surface area (Å²) < 4.78 is 11.2. The van der Waals surface area contributed by atoms with Crippen molar-refractivity contribution < 1.29 is 19.1 Å². The minimum atomic E-state index is -4.19. The predicted octanol–water partition coefficient (Wildman–Crippen LogP) is -0.135. The van der Waals surface area contributed by atoms with Crippen LogP contribution in [0.1, 0.15) is 25.7 Å². The summed E-state index contributed by atoms with van der Waals surface area (Å²) in [4.78, 5) is 31.7. The van der Waals surface area contributed by atoms with E-state index in [1.54, 1.807) is 0 Å². The minimum Gasteiger partial charge on any atom is -0.327 e. The Hall–Kier alpha value is -0.420. The summed E-state index contributed by atoms with van der Waals surface area (Å²) in [5.41, 5.74) is 0. The number of nitrogens with one attached hydrogen (secondary N) is 1. The molecule has 0 saturated carbocycles. The van der Waals surface area contributed by atoms with Crippen LogP contribution in [0.15, 0.2) is 0 Å². The highest BCUT2D eigenvalue weighted by molar-refractivity contribution is 7.52. The second-order valence-electron chi connectivity index (χ2n) is 4.39. The molecule has 0 bridgehead atoms. The van der Waals surface area contributed by atoms with E-state index in [2.05, 4.69) is 5.32 Å². The summed E-state index contributed by atoms with van der Waals surface area (Å²) in [5, 5.41) is 3.06. The van der Waals surface area contributed by atoms with Crippen molar-refractivity contribution in [2.24, 2.45) is 0 Å². The molecule has 0 aromatic carbocycles. The molecule has 3 N–H and O–H groups in total. The van der Waals surface area contributed by atoms with Crippen LogP contribution in [0.4, 0.5) is 0 Å². The maximum Gasteiger partial charge on any atom is 0.347 e. The van der Waals surface area contributed by atoms with Crippen LogP contribution in [0.25, 0.3) is 0 Å². The Labute approximate surface area is 94.2 Å². The maximum atomic E-state index is 12.0. The zero-order valence-corrected chi connectivity index (χ0v) is 9.90. The van der Waals surface area contributed by atoms with Gasteiger partial charge in [-0.15, -0.1) is 0 Å². The number of carbonyl (C=O) groups excluding carboxylic acids is 1. The summed E-state index contributed by atoms with van der Waals surface area (Å²) in [6.07, 6.45) is 2.80. The first-order chi connectivity index (χ1) is 7.50. The number of amides is 1. The van der Waals surface area contributed by atoms with Crippen LogP contribution in [-0.4, -0.2) is 45.5 Å². The van der Waals surface area contributed by atoms with E-state index < -0.39 is 13.4 Å². The molecule has 2 saturated heterocycles. The van der Waals surface area contributed by atoms with Crippen LogP contribution in [0.2, 0.25) is 0 Å². The van der Waals surface area contributed by atoms with Crippen molar-refractivity contribution in [1.29, 1.82) is 0 Å². The van der Waals surface area contributed by atoms with E-state index in [0.717, 1.165) is 19.4 Å². The van der Waals surface area contributed by atoms with Gasteiger partial charge in [0.2, 0.25) is 5.91 Å². The highest BCUT2D eigenvalue weighted by Gasteiger charge is 2.42. The Balaban J connectivity index is 2.07. The number of likely N-dealkylation sites (tertiary alicyclic amines) is 1. The summed E-state index contributed by atoms with van der Waals surface area (Å²) in [5.74, 6) is -1.05. The maximum absolute atomic E-state index is 12.0. The van der Waals surface area contributed by atoms with Gasteiger partial charge in [-0.1, -0.05) is 0 Å². The lowest BCUT2D eigenvalue weighted by molar-refractivity contribution is -0.132. The van der Waals surface area contributed by atoms with Crippen LogP contribution >= 0.6 is 7.60 Å². The lowest BCUT2D eigenvalue weighted by Gasteiger charge is -2.27. The van der Waals surface area contributed by atoms with Crippen molar-refractivity contribution in [3.63, 3.8) is 0 Å². The van der Waals surface area contributed by atoms with Gasteiger partial charge in [-0.05, 0) is 32.2 Å². The third kappa shape index (κ3) is 2.30. The molecule has 0 spiro atoms. The first kappa shape index (κ1) is 12.0. The molecule has 2 aliphatic heterocycles. The van der Waals surface area contributed by atoms with Gasteiger partial charge >= 0.3 is 7.60 Å². The van der Waals surface area contributed by atoms with Gasteiger partial charge in [-0.25, -0.2) is 0 Å². The molecule has 0 radical (unpaired) electrons. The molecule has 0 aromatic rings. The second-order valence-corrected chi connectivity index (χ2v) is 6.17. The summed E-state index contributed by atoms with van der Waals surface area (Å²) in [6.45, 7) is 1.28. The van der Waals surface area contributed by atoms with Crippen LogP contribution < -0.4 is 5.32 Å². The third-order valence-electron chi connectivity index (χ3n) is 3.25. The second kappa shape index (κ2) is 4.45. The van der Waals surface area contributed by atoms with Crippen LogP contribution in [-0.2, 0) is 9.36 Å². The van der Waals surface area contributed by atoms with E-state index in [1.807, 2.05) is 0 Å². The molecule has 16 heavy (non-hydrogen) atoms. The number of hydrogen-bond acceptors (Lipinski definition) is 3. The Morgan fingerprint density at radius 1 is 1.31 bits per heavy atom. The van der Waals surface area contributed by atoms with Crippen molar-refractivity contribution in [1.82, 2.24) is 10.2 Å². The highest BCUT2D eigenvalue weighted by atomic mass is 31.2. The largest absolute Gasteiger partial charge is 0.347 e. The molecular weight excluding hydrogens is 231 g/mol. The standard InChI is InChI=1S/C9H17N2O4P/c12-9(7-3-1-5-10-7)11-6-2-4-8(11)16(13,14)15/h7-8,10H,1-6H2,(H2,13,14,15)/t7-,8+/m1/s1. The molecule has 6 nitrogen and oxygen atoms in total. The number of nitrogens with zero attached hydrogens (tertiary/aromatic N) is 1. The van der Waals surface area contributed by atoms with Crippen LogP contribution in [0, 0.1) is 0 Å². The van der Waals surface area contributed by atoms with Crippen LogP contribution in [0.3, 0.4) is 0 Å². The average molecular weight is 248 g/mol. The van der Waals surface area contributed by atoms with Crippen molar-refractivity contribution in [3.05, 3.63) is 0 Å². The Morgan fingerprint density at radius 3 is 2.62 bits per heavy atom. The lowest BCUT2D eigenvalue weighted by atomic mass is 10.2. The highest BCUT2D eigenvalue weighted by Crippen LogP contribution is 2.48. The molecule has 2 fully saturated rings. The van der Waals surface area contributed by atoms with Gasteiger partial charge in [0, 0.05) is 6.54 Å². The molecule has 7 heteroatoms. The molecular formula is C9H17N2O4P. The van der Waals surface area contributed by atoms with E-state index in [-0.39, 0.29) is 11.9 Å². The van der Waals surface area contributed by atoms with Gasteiger partial charge in [0.15, 0.2) is 0 Å². The van der Waals surface area contributed by atoms with Gasteiger partial charge in [0.05, 0.1) is 6.04 Å². The molecule has 2 aliphatic rings. The minimum absolute atomic E-state index is 0.150. The molecule has 92 valence electrons. The zero-order chi connectivity index (χ0) is 11.8. The third-order valence-corrected chi connectivity index (χ3v) is 4.56. The SMILES string of the molecule is O=C([C@H]1CCCN1)N1CCC[C@@H]1P(=O)(O)O. The topological polar surface area (TPSA) is 89.9 Å². The van der Waals surface area contributed by atoms with E-state index in [4.69, 9.17) is 0 Å². The Morgan fingerprint density at radius 2 is 2.06 bits per heavy atom. The van der Waals surface area contributed by atoms with Gasteiger partial charge in [0.25, 0.3) is 0 Å². The summed E-state index contributed by atoms with van der Waals surface area (Å²) >= 11 is 0. The Kier molecular flexibility index (Phi) is 3.35.